The van der Waals surface area contributed by atoms with Crippen LogP contribution in [0.5, 0.6) is 0 Å². The quantitative estimate of drug-likeness (QED) is 0.802. The molecule has 0 bridgehead atoms. The summed E-state index contributed by atoms with van der Waals surface area (Å²) in [5.74, 6) is 0. The Morgan fingerprint density at radius 2 is 1.89 bits per heavy atom. The summed E-state index contributed by atoms with van der Waals surface area (Å²) in [5.41, 5.74) is 0. The average Bonchev–Trinajstić information content (AvgIpc) is 2.79. The van der Waals surface area contributed by atoms with Gasteiger partial charge in [-0.05, 0) is 18.6 Å². The Hall–Kier alpha value is -0.430. The fourth-order valence-electron chi connectivity index (χ4n) is 1.81. The first-order valence-corrected chi connectivity index (χ1v) is 8.99. The molecular formula is C13H24N2O2S2. The SMILES string of the molecule is CCN(CC)S(=O)(=O)c1ccc(CCNC(C)C)s1. The summed E-state index contributed by atoms with van der Waals surface area (Å²) in [6.07, 6.45) is 0.872. The summed E-state index contributed by atoms with van der Waals surface area (Å²) in [5, 5.41) is 3.33. The molecule has 0 spiro atoms. The molecular weight excluding hydrogens is 280 g/mol. The van der Waals surface area contributed by atoms with E-state index in [2.05, 4.69) is 19.2 Å². The number of nitrogens with zero attached hydrogens (tertiary/aromatic N) is 1. The number of hydrogen-bond acceptors (Lipinski definition) is 4. The predicted molar refractivity (Wildman–Crippen MR) is 81.3 cm³/mol. The van der Waals surface area contributed by atoms with Gasteiger partial charge in [0.2, 0.25) is 0 Å². The molecule has 0 atom stereocenters. The molecule has 6 heteroatoms. The van der Waals surface area contributed by atoms with Crippen LogP contribution in [0.4, 0.5) is 0 Å². The molecule has 0 saturated carbocycles. The van der Waals surface area contributed by atoms with Gasteiger partial charge in [0.05, 0.1) is 0 Å². The van der Waals surface area contributed by atoms with E-state index in [1.54, 1.807) is 6.07 Å². The van der Waals surface area contributed by atoms with E-state index in [1.807, 2.05) is 19.9 Å². The van der Waals surface area contributed by atoms with Gasteiger partial charge in [0.25, 0.3) is 10.0 Å². The lowest BCUT2D eigenvalue weighted by atomic mass is 10.3. The Labute approximate surface area is 120 Å². The lowest BCUT2D eigenvalue weighted by Crippen LogP contribution is -2.29. The highest BCUT2D eigenvalue weighted by molar-refractivity contribution is 7.91. The molecule has 19 heavy (non-hydrogen) atoms. The summed E-state index contributed by atoms with van der Waals surface area (Å²) in [7, 11) is -3.29. The van der Waals surface area contributed by atoms with Crippen LogP contribution in [0.3, 0.4) is 0 Å². The van der Waals surface area contributed by atoms with Crippen molar-refractivity contribution >= 4 is 21.4 Å². The topological polar surface area (TPSA) is 49.4 Å². The summed E-state index contributed by atoms with van der Waals surface area (Å²) < 4.78 is 26.6. The fraction of sp³-hybridized carbons (Fsp3) is 0.692. The van der Waals surface area contributed by atoms with Crippen LogP contribution in [0.25, 0.3) is 0 Å². The molecule has 0 saturated heterocycles. The molecule has 1 aromatic rings. The van der Waals surface area contributed by atoms with E-state index in [1.165, 1.54) is 15.6 Å². The zero-order chi connectivity index (χ0) is 14.5. The minimum atomic E-state index is -3.29. The third-order valence-electron chi connectivity index (χ3n) is 2.86. The largest absolute Gasteiger partial charge is 0.314 e. The van der Waals surface area contributed by atoms with Gasteiger partial charge in [0.1, 0.15) is 4.21 Å². The molecule has 4 nitrogen and oxygen atoms in total. The van der Waals surface area contributed by atoms with Crippen molar-refractivity contribution < 1.29 is 8.42 Å². The van der Waals surface area contributed by atoms with Crippen molar-refractivity contribution in [3.8, 4) is 0 Å². The highest BCUT2D eigenvalue weighted by Crippen LogP contribution is 2.25. The molecule has 1 aromatic heterocycles. The molecule has 0 amide bonds. The van der Waals surface area contributed by atoms with E-state index in [-0.39, 0.29) is 0 Å². The molecule has 110 valence electrons. The van der Waals surface area contributed by atoms with E-state index in [9.17, 15) is 8.42 Å². The second-order valence-corrected chi connectivity index (χ2v) is 8.00. The first-order chi connectivity index (χ1) is 8.91. The molecule has 0 unspecified atom stereocenters. The van der Waals surface area contributed by atoms with Crippen LogP contribution < -0.4 is 5.32 Å². The second-order valence-electron chi connectivity index (χ2n) is 4.67. The van der Waals surface area contributed by atoms with Gasteiger partial charge in [-0.25, -0.2) is 8.42 Å². The van der Waals surface area contributed by atoms with Crippen molar-refractivity contribution in [2.24, 2.45) is 0 Å². The van der Waals surface area contributed by atoms with Gasteiger partial charge >= 0.3 is 0 Å². The van der Waals surface area contributed by atoms with Gasteiger partial charge in [-0.1, -0.05) is 27.7 Å². The molecule has 1 N–H and O–H groups in total. The van der Waals surface area contributed by atoms with Crippen molar-refractivity contribution in [1.29, 1.82) is 0 Å². The van der Waals surface area contributed by atoms with Crippen LogP contribution >= 0.6 is 11.3 Å². The van der Waals surface area contributed by atoms with Gasteiger partial charge in [-0.2, -0.15) is 4.31 Å². The third-order valence-corrected chi connectivity index (χ3v) is 6.52. The third kappa shape index (κ3) is 4.56. The van der Waals surface area contributed by atoms with Crippen LogP contribution in [0.2, 0.25) is 0 Å². The lowest BCUT2D eigenvalue weighted by molar-refractivity contribution is 0.447. The highest BCUT2D eigenvalue weighted by atomic mass is 32.2. The Balaban J connectivity index is 2.73. The van der Waals surface area contributed by atoms with Gasteiger partial charge < -0.3 is 5.32 Å². The molecule has 0 fully saturated rings. The number of nitrogens with one attached hydrogen (secondary N) is 1. The van der Waals surface area contributed by atoms with E-state index in [0.717, 1.165) is 17.8 Å². The maximum atomic E-state index is 12.3. The van der Waals surface area contributed by atoms with Crippen LogP contribution in [0.1, 0.15) is 32.6 Å². The van der Waals surface area contributed by atoms with E-state index < -0.39 is 10.0 Å². The summed E-state index contributed by atoms with van der Waals surface area (Å²) in [6, 6.07) is 4.10. The van der Waals surface area contributed by atoms with E-state index >= 15 is 0 Å². The normalized spacial score (nSPS) is 12.5. The van der Waals surface area contributed by atoms with E-state index in [4.69, 9.17) is 0 Å². The van der Waals surface area contributed by atoms with Crippen LogP contribution in [0, 0.1) is 0 Å². The Morgan fingerprint density at radius 1 is 1.26 bits per heavy atom. The number of rotatable bonds is 8. The predicted octanol–water partition coefficient (Wildman–Crippen LogP) is 2.32. The minimum absolute atomic E-state index is 0.454. The smallest absolute Gasteiger partial charge is 0.252 e. The average molecular weight is 304 g/mol. The standard InChI is InChI=1S/C13H24N2O2S2/c1-5-15(6-2)19(16,17)13-8-7-12(18-13)9-10-14-11(3)4/h7-8,11,14H,5-6,9-10H2,1-4H3. The zero-order valence-corrected chi connectivity index (χ0v) is 13.8. The minimum Gasteiger partial charge on any atom is -0.314 e. The summed E-state index contributed by atoms with van der Waals surface area (Å²) in [6.45, 7) is 9.84. The molecule has 1 heterocycles. The Morgan fingerprint density at radius 3 is 2.42 bits per heavy atom. The first kappa shape index (κ1) is 16.6. The monoisotopic (exact) mass is 304 g/mol. The van der Waals surface area contributed by atoms with Crippen LogP contribution in [-0.2, 0) is 16.4 Å². The van der Waals surface area contributed by atoms with Crippen molar-refractivity contribution in [3.05, 3.63) is 17.0 Å². The zero-order valence-electron chi connectivity index (χ0n) is 12.1. The van der Waals surface area contributed by atoms with Crippen molar-refractivity contribution in [2.45, 2.75) is 44.4 Å². The first-order valence-electron chi connectivity index (χ1n) is 6.74. The molecule has 0 aliphatic rings. The van der Waals surface area contributed by atoms with Gasteiger partial charge in [0, 0.05) is 30.6 Å². The number of hydrogen-bond donors (Lipinski definition) is 1. The molecule has 0 radical (unpaired) electrons. The molecule has 0 aromatic carbocycles. The van der Waals surface area contributed by atoms with Gasteiger partial charge in [-0.15, -0.1) is 11.3 Å². The molecule has 0 aliphatic heterocycles. The Kier molecular flexibility index (Phi) is 6.46. The maximum Gasteiger partial charge on any atom is 0.252 e. The van der Waals surface area contributed by atoms with Crippen LogP contribution in [-0.4, -0.2) is 38.4 Å². The number of thiophene rings is 1. The maximum absolute atomic E-state index is 12.3. The van der Waals surface area contributed by atoms with Crippen LogP contribution in [0.15, 0.2) is 16.3 Å². The van der Waals surface area contributed by atoms with E-state index in [0.29, 0.717) is 23.3 Å². The highest BCUT2D eigenvalue weighted by Gasteiger charge is 2.23. The summed E-state index contributed by atoms with van der Waals surface area (Å²) >= 11 is 1.38. The van der Waals surface area contributed by atoms with Crippen molar-refractivity contribution in [1.82, 2.24) is 9.62 Å². The molecule has 1 rings (SSSR count). The fourth-order valence-corrected chi connectivity index (χ4v) is 4.77. The molecule has 0 aliphatic carbocycles. The number of sulfonamides is 1. The lowest BCUT2D eigenvalue weighted by Gasteiger charge is -2.16. The summed E-state index contributed by atoms with van der Waals surface area (Å²) in [4.78, 5) is 1.11. The second kappa shape index (κ2) is 7.38. The van der Waals surface area contributed by atoms with Gasteiger partial charge in [0.15, 0.2) is 0 Å². The Bertz CT molecular complexity index is 477. The van der Waals surface area contributed by atoms with Gasteiger partial charge in [-0.3, -0.25) is 0 Å². The van der Waals surface area contributed by atoms with Crippen molar-refractivity contribution in [3.63, 3.8) is 0 Å². The van der Waals surface area contributed by atoms with Crippen molar-refractivity contribution in [2.75, 3.05) is 19.6 Å².